The first-order valence-electron chi connectivity index (χ1n) is 7.81. The largest absolute Gasteiger partial charge is 0.338 e. The van der Waals surface area contributed by atoms with Crippen LogP contribution in [-0.4, -0.2) is 72.4 Å². The van der Waals surface area contributed by atoms with E-state index in [1.165, 1.54) is 10.6 Å². The molecule has 0 aliphatic carbocycles. The van der Waals surface area contributed by atoms with Crippen LogP contribution in [-0.2, 0) is 16.6 Å². The predicted octanol–water partition coefficient (Wildman–Crippen LogP) is 0.196. The van der Waals surface area contributed by atoms with Crippen LogP contribution < -0.4 is 5.32 Å². The minimum absolute atomic E-state index is 0.132. The van der Waals surface area contributed by atoms with Crippen LogP contribution in [0, 0.1) is 5.92 Å². The van der Waals surface area contributed by atoms with E-state index in [9.17, 15) is 13.2 Å². The molecule has 2 rings (SSSR count). The number of amides is 2. The van der Waals surface area contributed by atoms with Crippen LogP contribution in [0.25, 0.3) is 0 Å². The van der Waals surface area contributed by atoms with Crippen LogP contribution >= 0.6 is 0 Å². The van der Waals surface area contributed by atoms with Gasteiger partial charge in [-0.25, -0.2) is 17.5 Å². The van der Waals surface area contributed by atoms with Crippen molar-refractivity contribution in [2.45, 2.75) is 19.9 Å². The van der Waals surface area contributed by atoms with Crippen molar-refractivity contribution in [3.8, 4) is 0 Å². The lowest BCUT2D eigenvalue weighted by atomic mass is 10.2. The molecule has 0 bridgehead atoms. The molecule has 0 radical (unpaired) electrons. The summed E-state index contributed by atoms with van der Waals surface area (Å²) in [7, 11) is -3.19. The van der Waals surface area contributed by atoms with E-state index in [0.29, 0.717) is 39.1 Å². The van der Waals surface area contributed by atoms with E-state index in [4.69, 9.17) is 0 Å². The number of hydrogen-bond acceptors (Lipinski definition) is 4. The summed E-state index contributed by atoms with van der Waals surface area (Å²) in [6.45, 7) is 5.18. The molecule has 1 aromatic rings. The molecule has 0 saturated carbocycles. The summed E-state index contributed by atoms with van der Waals surface area (Å²) in [6.07, 6.45) is 5.49. The van der Waals surface area contributed by atoms with Gasteiger partial charge in [0.15, 0.2) is 0 Å². The lowest BCUT2D eigenvalue weighted by Gasteiger charge is -2.22. The van der Waals surface area contributed by atoms with Crippen molar-refractivity contribution in [2.75, 3.05) is 39.0 Å². The van der Waals surface area contributed by atoms with Gasteiger partial charge in [0.05, 0.1) is 6.26 Å². The van der Waals surface area contributed by atoms with E-state index in [1.54, 1.807) is 11.1 Å². The monoisotopic (exact) mass is 343 g/mol. The summed E-state index contributed by atoms with van der Waals surface area (Å²) in [5.41, 5.74) is 0. The van der Waals surface area contributed by atoms with Crippen LogP contribution in [0.15, 0.2) is 18.5 Å². The maximum atomic E-state index is 12.2. The third kappa shape index (κ3) is 5.51. The highest BCUT2D eigenvalue weighted by atomic mass is 32.2. The molecule has 1 aliphatic rings. The Balaban J connectivity index is 1.77. The van der Waals surface area contributed by atoms with Crippen LogP contribution in [0.3, 0.4) is 0 Å². The molecule has 130 valence electrons. The zero-order valence-electron chi connectivity index (χ0n) is 13.7. The first kappa shape index (κ1) is 17.7. The molecule has 1 aromatic heterocycles. The van der Waals surface area contributed by atoms with Crippen molar-refractivity contribution in [3.63, 3.8) is 0 Å². The van der Waals surface area contributed by atoms with Crippen molar-refractivity contribution in [2.24, 2.45) is 5.92 Å². The molecule has 0 spiro atoms. The number of nitrogens with one attached hydrogen (secondary N) is 1. The Labute approximate surface area is 137 Å². The van der Waals surface area contributed by atoms with E-state index >= 15 is 0 Å². The average molecular weight is 343 g/mol. The summed E-state index contributed by atoms with van der Waals surface area (Å²) in [5, 5.41) is 7.07. The molecular weight excluding hydrogens is 318 g/mol. The maximum absolute atomic E-state index is 12.2. The fourth-order valence-corrected chi connectivity index (χ4v) is 3.47. The zero-order chi connectivity index (χ0) is 16.9. The molecular formula is C14H25N5O3S. The standard InChI is InChI=1S/C14H25N5O3S/c1-13(12-18-7-3-5-16-18)11-15-14(20)17-6-4-8-19(10-9-17)23(2,21)22/h3,5,7,13H,4,6,8-12H2,1-2H3,(H,15,20). The smallest absolute Gasteiger partial charge is 0.317 e. The Morgan fingerprint density at radius 1 is 1.30 bits per heavy atom. The second kappa shape index (κ2) is 7.78. The quantitative estimate of drug-likeness (QED) is 0.827. The van der Waals surface area contributed by atoms with Crippen molar-refractivity contribution >= 4 is 16.1 Å². The fraction of sp³-hybridized carbons (Fsp3) is 0.714. The fourth-order valence-electron chi connectivity index (χ4n) is 2.59. The molecule has 2 amide bonds. The zero-order valence-corrected chi connectivity index (χ0v) is 14.5. The van der Waals surface area contributed by atoms with E-state index in [1.807, 2.05) is 16.9 Å². The summed E-state index contributed by atoms with van der Waals surface area (Å²) in [6, 6.07) is 1.74. The second-order valence-electron chi connectivity index (χ2n) is 6.02. The number of nitrogens with zero attached hydrogens (tertiary/aromatic N) is 4. The van der Waals surface area contributed by atoms with Gasteiger partial charge in [-0.1, -0.05) is 6.92 Å². The van der Waals surface area contributed by atoms with Gasteiger partial charge in [0.2, 0.25) is 10.0 Å². The van der Waals surface area contributed by atoms with Crippen LogP contribution in [0.5, 0.6) is 0 Å². The lowest BCUT2D eigenvalue weighted by Crippen LogP contribution is -2.44. The average Bonchev–Trinajstić information content (AvgIpc) is 2.84. The van der Waals surface area contributed by atoms with Gasteiger partial charge in [-0.15, -0.1) is 0 Å². The third-order valence-electron chi connectivity index (χ3n) is 3.87. The molecule has 1 N–H and O–H groups in total. The van der Waals surface area contributed by atoms with Gasteiger partial charge in [0, 0.05) is 51.7 Å². The molecule has 23 heavy (non-hydrogen) atoms. The molecule has 1 saturated heterocycles. The Kier molecular flexibility index (Phi) is 6.00. The second-order valence-corrected chi connectivity index (χ2v) is 8.00. The van der Waals surface area contributed by atoms with Crippen LogP contribution in [0.1, 0.15) is 13.3 Å². The maximum Gasteiger partial charge on any atom is 0.317 e. The minimum atomic E-state index is -3.19. The highest BCUT2D eigenvalue weighted by molar-refractivity contribution is 7.88. The number of carbonyl (C=O) groups is 1. The Bertz CT molecular complexity index is 602. The minimum Gasteiger partial charge on any atom is -0.338 e. The molecule has 1 fully saturated rings. The summed E-state index contributed by atoms with van der Waals surface area (Å²) in [5.74, 6) is 0.262. The summed E-state index contributed by atoms with van der Waals surface area (Å²) in [4.78, 5) is 13.9. The van der Waals surface area contributed by atoms with E-state index < -0.39 is 10.0 Å². The van der Waals surface area contributed by atoms with Crippen molar-refractivity contribution in [3.05, 3.63) is 18.5 Å². The van der Waals surface area contributed by atoms with Crippen molar-refractivity contribution in [1.82, 2.24) is 24.3 Å². The SMILES string of the molecule is CC(CNC(=O)N1CCCN(S(C)(=O)=O)CC1)Cn1cccn1. The number of sulfonamides is 1. The van der Waals surface area contributed by atoms with Gasteiger partial charge in [0.25, 0.3) is 0 Å². The third-order valence-corrected chi connectivity index (χ3v) is 5.17. The van der Waals surface area contributed by atoms with Gasteiger partial charge < -0.3 is 10.2 Å². The number of rotatable bonds is 5. The molecule has 0 aromatic carbocycles. The normalized spacial score (nSPS) is 18.4. The lowest BCUT2D eigenvalue weighted by molar-refractivity contribution is 0.198. The summed E-state index contributed by atoms with van der Waals surface area (Å²) >= 11 is 0. The Morgan fingerprint density at radius 2 is 2.09 bits per heavy atom. The topological polar surface area (TPSA) is 87.5 Å². The van der Waals surface area contributed by atoms with Crippen LogP contribution in [0.4, 0.5) is 4.79 Å². The summed E-state index contributed by atoms with van der Waals surface area (Å²) < 4.78 is 26.4. The highest BCUT2D eigenvalue weighted by Gasteiger charge is 2.23. The Hall–Kier alpha value is -1.61. The number of carbonyl (C=O) groups excluding carboxylic acids is 1. The number of urea groups is 1. The first-order chi connectivity index (χ1) is 10.9. The predicted molar refractivity (Wildman–Crippen MR) is 87.4 cm³/mol. The first-order valence-corrected chi connectivity index (χ1v) is 9.66. The molecule has 1 unspecified atom stereocenters. The molecule has 2 heterocycles. The van der Waals surface area contributed by atoms with E-state index in [2.05, 4.69) is 17.3 Å². The van der Waals surface area contributed by atoms with Crippen molar-refractivity contribution in [1.29, 1.82) is 0 Å². The highest BCUT2D eigenvalue weighted by Crippen LogP contribution is 2.07. The van der Waals surface area contributed by atoms with Crippen LogP contribution in [0.2, 0.25) is 0 Å². The molecule has 9 heteroatoms. The number of hydrogen-bond donors (Lipinski definition) is 1. The molecule has 8 nitrogen and oxygen atoms in total. The van der Waals surface area contributed by atoms with E-state index in [0.717, 1.165) is 6.54 Å². The Morgan fingerprint density at radius 3 is 2.74 bits per heavy atom. The van der Waals surface area contributed by atoms with E-state index in [-0.39, 0.29) is 11.9 Å². The van der Waals surface area contributed by atoms with Gasteiger partial charge in [-0.3, -0.25) is 4.68 Å². The van der Waals surface area contributed by atoms with Crippen molar-refractivity contribution < 1.29 is 13.2 Å². The van der Waals surface area contributed by atoms with Gasteiger partial charge in [-0.2, -0.15) is 5.10 Å². The van der Waals surface area contributed by atoms with Gasteiger partial charge in [0.1, 0.15) is 0 Å². The number of aromatic nitrogens is 2. The molecule has 1 atom stereocenters. The van der Waals surface area contributed by atoms with Gasteiger partial charge in [-0.05, 0) is 18.4 Å². The molecule has 1 aliphatic heterocycles. The van der Waals surface area contributed by atoms with Gasteiger partial charge >= 0.3 is 6.03 Å².